The monoisotopic (exact) mass is 235 g/mol. The maximum absolute atomic E-state index is 10.5. The molecule has 0 saturated carbocycles. The summed E-state index contributed by atoms with van der Waals surface area (Å²) in [6, 6.07) is 1.25. The lowest BCUT2D eigenvalue weighted by molar-refractivity contribution is 0.249. The maximum atomic E-state index is 10.5. The van der Waals surface area contributed by atoms with Crippen LogP contribution in [0.5, 0.6) is 5.75 Å². The molecule has 0 bridgehead atoms. The number of hydrogen-bond donors (Lipinski definition) is 2. The summed E-state index contributed by atoms with van der Waals surface area (Å²) < 4.78 is 5.28. The van der Waals surface area contributed by atoms with E-state index in [-0.39, 0.29) is 0 Å². The number of hydrazone groups is 1. The standard InChI is InChI=1S/C12H17N3O2/c1-7-5-11(17-4)10(9(3)8(7)2)6-14-15-12(13)16/h5-6H,1-4H3,(H3,13,15,16)/b14-6+. The zero-order valence-corrected chi connectivity index (χ0v) is 10.5. The number of carbonyl (C=O) groups is 1. The van der Waals surface area contributed by atoms with E-state index >= 15 is 0 Å². The molecule has 5 nitrogen and oxygen atoms in total. The number of nitrogens with zero attached hydrogens (tertiary/aromatic N) is 1. The molecule has 1 rings (SSSR count). The lowest BCUT2D eigenvalue weighted by Gasteiger charge is -2.13. The van der Waals surface area contributed by atoms with Gasteiger partial charge in [0.25, 0.3) is 0 Å². The molecule has 0 saturated heterocycles. The molecule has 2 amide bonds. The highest BCUT2D eigenvalue weighted by molar-refractivity contribution is 5.87. The number of aryl methyl sites for hydroxylation is 1. The van der Waals surface area contributed by atoms with Crippen LogP contribution >= 0.6 is 0 Å². The van der Waals surface area contributed by atoms with Crippen molar-refractivity contribution >= 4 is 12.2 Å². The number of nitrogens with one attached hydrogen (secondary N) is 1. The van der Waals surface area contributed by atoms with Crippen molar-refractivity contribution in [1.82, 2.24) is 5.43 Å². The van der Waals surface area contributed by atoms with Crippen LogP contribution in [0.2, 0.25) is 0 Å². The van der Waals surface area contributed by atoms with Gasteiger partial charge in [-0.2, -0.15) is 5.10 Å². The molecular formula is C12H17N3O2. The minimum atomic E-state index is -0.693. The number of urea groups is 1. The summed E-state index contributed by atoms with van der Waals surface area (Å²) in [6.45, 7) is 6.03. The second-order valence-corrected chi connectivity index (χ2v) is 3.79. The van der Waals surface area contributed by atoms with Crippen LogP contribution in [0.4, 0.5) is 4.79 Å². The van der Waals surface area contributed by atoms with Gasteiger partial charge in [-0.15, -0.1) is 0 Å². The fourth-order valence-electron chi connectivity index (χ4n) is 1.55. The van der Waals surface area contributed by atoms with Crippen molar-refractivity contribution in [3.8, 4) is 5.75 Å². The van der Waals surface area contributed by atoms with Gasteiger partial charge in [-0.25, -0.2) is 10.2 Å². The van der Waals surface area contributed by atoms with E-state index in [1.165, 1.54) is 11.8 Å². The van der Waals surface area contributed by atoms with Crippen molar-refractivity contribution in [2.24, 2.45) is 10.8 Å². The first-order chi connectivity index (χ1) is 7.97. The molecule has 0 spiro atoms. The van der Waals surface area contributed by atoms with Gasteiger partial charge in [0, 0.05) is 5.56 Å². The van der Waals surface area contributed by atoms with Gasteiger partial charge in [0.15, 0.2) is 0 Å². The van der Waals surface area contributed by atoms with Crippen LogP contribution in [0, 0.1) is 20.8 Å². The molecule has 92 valence electrons. The van der Waals surface area contributed by atoms with Gasteiger partial charge >= 0.3 is 6.03 Å². The van der Waals surface area contributed by atoms with Crippen molar-refractivity contribution in [3.63, 3.8) is 0 Å². The van der Waals surface area contributed by atoms with Crippen molar-refractivity contribution in [1.29, 1.82) is 0 Å². The van der Waals surface area contributed by atoms with E-state index in [0.717, 1.165) is 22.4 Å². The molecule has 0 aliphatic heterocycles. The average molecular weight is 235 g/mol. The molecule has 0 unspecified atom stereocenters. The highest BCUT2D eigenvalue weighted by Gasteiger charge is 2.09. The number of hydrogen-bond acceptors (Lipinski definition) is 3. The molecule has 0 fully saturated rings. The molecule has 1 aromatic carbocycles. The van der Waals surface area contributed by atoms with Crippen LogP contribution in [0.3, 0.4) is 0 Å². The largest absolute Gasteiger partial charge is 0.496 e. The fraction of sp³-hybridized carbons (Fsp3) is 0.333. The minimum absolute atomic E-state index is 0.693. The molecule has 0 radical (unpaired) electrons. The van der Waals surface area contributed by atoms with Gasteiger partial charge in [-0.05, 0) is 43.5 Å². The molecule has 0 aromatic heterocycles. The van der Waals surface area contributed by atoms with Crippen molar-refractivity contribution in [2.75, 3.05) is 7.11 Å². The Kier molecular flexibility index (Phi) is 4.09. The highest BCUT2D eigenvalue weighted by atomic mass is 16.5. The third-order valence-corrected chi connectivity index (χ3v) is 2.76. The summed E-state index contributed by atoms with van der Waals surface area (Å²) in [5.74, 6) is 0.723. The minimum Gasteiger partial charge on any atom is -0.496 e. The summed E-state index contributed by atoms with van der Waals surface area (Å²) in [7, 11) is 1.60. The maximum Gasteiger partial charge on any atom is 0.332 e. The van der Waals surface area contributed by atoms with Crippen molar-refractivity contribution in [2.45, 2.75) is 20.8 Å². The number of primary amides is 1. The van der Waals surface area contributed by atoms with Crippen LogP contribution < -0.4 is 15.9 Å². The van der Waals surface area contributed by atoms with E-state index < -0.39 is 6.03 Å². The molecule has 5 heteroatoms. The van der Waals surface area contributed by atoms with E-state index in [9.17, 15) is 4.79 Å². The number of amides is 2. The van der Waals surface area contributed by atoms with Crippen molar-refractivity contribution < 1.29 is 9.53 Å². The predicted molar refractivity (Wildman–Crippen MR) is 67.5 cm³/mol. The van der Waals surface area contributed by atoms with E-state index in [1.54, 1.807) is 7.11 Å². The Morgan fingerprint density at radius 3 is 2.59 bits per heavy atom. The lowest BCUT2D eigenvalue weighted by Crippen LogP contribution is -2.24. The van der Waals surface area contributed by atoms with Gasteiger partial charge in [0.05, 0.1) is 13.3 Å². The highest BCUT2D eigenvalue weighted by Crippen LogP contribution is 2.26. The van der Waals surface area contributed by atoms with E-state index in [0.29, 0.717) is 0 Å². The van der Waals surface area contributed by atoms with Gasteiger partial charge in [0.2, 0.25) is 0 Å². The van der Waals surface area contributed by atoms with Crippen LogP contribution in [0.15, 0.2) is 11.2 Å². The smallest absolute Gasteiger partial charge is 0.332 e. The predicted octanol–water partition coefficient (Wildman–Crippen LogP) is 1.62. The molecule has 0 aliphatic rings. The number of benzene rings is 1. The molecule has 17 heavy (non-hydrogen) atoms. The number of carbonyl (C=O) groups excluding carboxylic acids is 1. The first-order valence-corrected chi connectivity index (χ1v) is 5.20. The summed E-state index contributed by atoms with van der Waals surface area (Å²) in [5, 5.41) is 3.75. The third kappa shape index (κ3) is 2.96. The second-order valence-electron chi connectivity index (χ2n) is 3.79. The number of ether oxygens (including phenoxy) is 1. The van der Waals surface area contributed by atoms with Gasteiger partial charge in [-0.1, -0.05) is 0 Å². The molecule has 3 N–H and O–H groups in total. The van der Waals surface area contributed by atoms with Crippen molar-refractivity contribution in [3.05, 3.63) is 28.3 Å². The first kappa shape index (κ1) is 13.0. The van der Waals surface area contributed by atoms with Crippen LogP contribution in [0.1, 0.15) is 22.3 Å². The fourth-order valence-corrected chi connectivity index (χ4v) is 1.55. The molecule has 1 aromatic rings. The Morgan fingerprint density at radius 2 is 2.06 bits per heavy atom. The van der Waals surface area contributed by atoms with E-state index in [1.807, 2.05) is 26.8 Å². The number of nitrogens with two attached hydrogens (primary N) is 1. The zero-order valence-electron chi connectivity index (χ0n) is 10.5. The Bertz CT molecular complexity index is 467. The van der Waals surface area contributed by atoms with Gasteiger partial charge < -0.3 is 10.5 Å². The van der Waals surface area contributed by atoms with Crippen LogP contribution in [-0.2, 0) is 0 Å². The second kappa shape index (κ2) is 5.34. The molecule has 0 heterocycles. The lowest BCUT2D eigenvalue weighted by atomic mass is 9.98. The SMILES string of the molecule is COc1cc(C)c(C)c(C)c1/C=N/NC(N)=O. The van der Waals surface area contributed by atoms with Crippen LogP contribution in [-0.4, -0.2) is 19.4 Å². The number of methoxy groups -OCH3 is 1. The topological polar surface area (TPSA) is 76.7 Å². The van der Waals surface area contributed by atoms with E-state index in [2.05, 4.69) is 10.5 Å². The zero-order chi connectivity index (χ0) is 13.0. The normalized spacial score (nSPS) is 10.6. The molecule has 0 aliphatic carbocycles. The third-order valence-electron chi connectivity index (χ3n) is 2.76. The Labute approximate surface area is 101 Å². The van der Waals surface area contributed by atoms with Gasteiger partial charge in [0.1, 0.15) is 5.75 Å². The summed E-state index contributed by atoms with van der Waals surface area (Å²) >= 11 is 0. The first-order valence-electron chi connectivity index (χ1n) is 5.20. The number of rotatable bonds is 3. The van der Waals surface area contributed by atoms with Gasteiger partial charge in [-0.3, -0.25) is 0 Å². The summed E-state index contributed by atoms with van der Waals surface area (Å²) in [5.41, 5.74) is 11.3. The summed E-state index contributed by atoms with van der Waals surface area (Å²) in [4.78, 5) is 10.5. The Morgan fingerprint density at radius 1 is 1.41 bits per heavy atom. The average Bonchev–Trinajstić information content (AvgIpc) is 2.28. The summed E-state index contributed by atoms with van der Waals surface area (Å²) in [6.07, 6.45) is 1.53. The Hall–Kier alpha value is -2.04. The van der Waals surface area contributed by atoms with E-state index in [4.69, 9.17) is 10.5 Å². The molecule has 0 atom stereocenters. The van der Waals surface area contributed by atoms with Crippen LogP contribution in [0.25, 0.3) is 0 Å². The Balaban J connectivity index is 3.17. The molecular weight excluding hydrogens is 218 g/mol. The quantitative estimate of drug-likeness (QED) is 0.617.